The fraction of sp³-hybridized carbons (Fsp3) is 0.462. The van der Waals surface area contributed by atoms with Crippen molar-refractivity contribution >= 4 is 11.7 Å². The Hall–Kier alpha value is -1.76. The normalized spacial score (nSPS) is 15.1. The van der Waals surface area contributed by atoms with Gasteiger partial charge in [-0.25, -0.2) is 4.79 Å². The number of rotatable bonds is 4. The lowest BCUT2D eigenvalue weighted by Gasteiger charge is -2.32. The van der Waals surface area contributed by atoms with Crippen LogP contribution in [-0.4, -0.2) is 37.1 Å². The smallest absolute Gasteiger partial charge is 0.478 e. The van der Waals surface area contributed by atoms with Gasteiger partial charge in [0.2, 0.25) is 0 Å². The predicted octanol–water partition coefficient (Wildman–Crippen LogP) is 2.67. The molecule has 1 aliphatic heterocycles. The number of carbonyl (C=O) groups is 1. The summed E-state index contributed by atoms with van der Waals surface area (Å²) in [6, 6.07) is 4.84. The summed E-state index contributed by atoms with van der Waals surface area (Å²) in [7, 11) is 0. The topological polar surface area (TPSA) is 49.8 Å². The molecule has 0 bridgehead atoms. The van der Waals surface area contributed by atoms with Gasteiger partial charge in [0, 0.05) is 18.8 Å². The van der Waals surface area contributed by atoms with Gasteiger partial charge >= 0.3 is 12.3 Å². The molecule has 1 N–H and O–H groups in total. The molecule has 0 fully saturated rings. The average Bonchev–Trinajstić information content (AvgIpc) is 2.36. The van der Waals surface area contributed by atoms with E-state index in [1.165, 1.54) is 6.07 Å². The van der Waals surface area contributed by atoms with Crippen molar-refractivity contribution in [3.63, 3.8) is 0 Å². The molecule has 0 aromatic heterocycles. The second-order valence-corrected chi connectivity index (χ2v) is 4.49. The number of benzene rings is 1. The summed E-state index contributed by atoms with van der Waals surface area (Å²) in [5.41, 5.74) is 1.57. The highest BCUT2D eigenvalue weighted by molar-refractivity contribution is 5.91. The zero-order chi connectivity index (χ0) is 14.8. The van der Waals surface area contributed by atoms with E-state index in [4.69, 9.17) is 5.11 Å². The fourth-order valence-electron chi connectivity index (χ4n) is 2.40. The number of hydrogen-bond donors (Lipinski definition) is 1. The number of ether oxygens (including phenoxy) is 1. The SMILES string of the molecule is O=C(O)c1cccc2c1CCCN2CCOC(F)(F)F. The molecule has 1 aliphatic rings. The lowest BCUT2D eigenvalue weighted by molar-refractivity contribution is -0.323. The molecule has 0 amide bonds. The summed E-state index contributed by atoms with van der Waals surface area (Å²) in [4.78, 5) is 12.9. The molecule has 7 heteroatoms. The van der Waals surface area contributed by atoms with E-state index in [2.05, 4.69) is 4.74 Å². The van der Waals surface area contributed by atoms with Crippen molar-refractivity contribution in [2.24, 2.45) is 0 Å². The van der Waals surface area contributed by atoms with Gasteiger partial charge in [0.05, 0.1) is 12.2 Å². The van der Waals surface area contributed by atoms with Gasteiger partial charge in [0.1, 0.15) is 0 Å². The van der Waals surface area contributed by atoms with Gasteiger partial charge in [-0.2, -0.15) is 0 Å². The summed E-state index contributed by atoms with van der Waals surface area (Å²) in [5.74, 6) is -1.02. The zero-order valence-corrected chi connectivity index (χ0v) is 10.6. The lowest BCUT2D eigenvalue weighted by Crippen LogP contribution is -2.34. The molecule has 0 saturated heterocycles. The Morgan fingerprint density at radius 1 is 1.40 bits per heavy atom. The number of nitrogens with zero attached hydrogens (tertiary/aromatic N) is 1. The third-order valence-electron chi connectivity index (χ3n) is 3.20. The van der Waals surface area contributed by atoms with E-state index in [0.717, 1.165) is 0 Å². The Labute approximate surface area is 113 Å². The highest BCUT2D eigenvalue weighted by atomic mass is 19.4. The first-order valence-corrected chi connectivity index (χ1v) is 6.19. The Kier molecular flexibility index (Phi) is 4.17. The number of anilines is 1. The standard InChI is InChI=1S/C13H14F3NO3/c14-13(15,16)20-8-7-17-6-2-4-9-10(12(18)19)3-1-5-11(9)17/h1,3,5H,2,4,6-8H2,(H,18,19). The van der Waals surface area contributed by atoms with Gasteiger partial charge in [-0.1, -0.05) is 6.07 Å². The second kappa shape index (κ2) is 5.70. The monoisotopic (exact) mass is 289 g/mol. The van der Waals surface area contributed by atoms with Crippen molar-refractivity contribution in [2.45, 2.75) is 19.2 Å². The van der Waals surface area contributed by atoms with Crippen LogP contribution in [0.2, 0.25) is 0 Å². The second-order valence-electron chi connectivity index (χ2n) is 4.49. The third-order valence-corrected chi connectivity index (χ3v) is 3.20. The first-order valence-electron chi connectivity index (χ1n) is 6.19. The largest absolute Gasteiger partial charge is 0.522 e. The quantitative estimate of drug-likeness (QED) is 0.926. The highest BCUT2D eigenvalue weighted by Crippen LogP contribution is 2.30. The molecule has 0 unspecified atom stereocenters. The van der Waals surface area contributed by atoms with E-state index in [1.807, 2.05) is 0 Å². The Morgan fingerprint density at radius 2 is 2.15 bits per heavy atom. The van der Waals surface area contributed by atoms with Crippen LogP contribution in [0.1, 0.15) is 22.3 Å². The molecule has 0 spiro atoms. The van der Waals surface area contributed by atoms with E-state index in [0.29, 0.717) is 30.6 Å². The minimum absolute atomic E-state index is 0.0790. The van der Waals surface area contributed by atoms with Crippen molar-refractivity contribution in [3.05, 3.63) is 29.3 Å². The molecule has 20 heavy (non-hydrogen) atoms. The van der Waals surface area contributed by atoms with Crippen LogP contribution in [0.5, 0.6) is 0 Å². The average molecular weight is 289 g/mol. The Bertz CT molecular complexity index is 502. The van der Waals surface area contributed by atoms with Crippen molar-refractivity contribution < 1.29 is 27.8 Å². The summed E-state index contributed by atoms with van der Waals surface area (Å²) in [6.45, 7) is 0.201. The predicted molar refractivity (Wildman–Crippen MR) is 65.9 cm³/mol. The van der Waals surface area contributed by atoms with Gasteiger partial charge in [-0.05, 0) is 30.5 Å². The molecule has 0 atom stereocenters. The zero-order valence-electron chi connectivity index (χ0n) is 10.6. The molecule has 1 aromatic rings. The summed E-state index contributed by atoms with van der Waals surface area (Å²) >= 11 is 0. The Balaban J connectivity index is 2.12. The molecular formula is C13H14F3NO3. The number of carboxylic acid groups (broad SMARTS) is 1. The molecule has 110 valence electrons. The van der Waals surface area contributed by atoms with E-state index < -0.39 is 18.9 Å². The molecule has 0 aliphatic carbocycles. The number of alkyl halides is 3. The van der Waals surface area contributed by atoms with Gasteiger partial charge in [-0.3, -0.25) is 4.74 Å². The number of halogens is 3. The molecule has 4 nitrogen and oxygen atoms in total. The van der Waals surface area contributed by atoms with Crippen LogP contribution in [0.3, 0.4) is 0 Å². The van der Waals surface area contributed by atoms with Crippen molar-refractivity contribution in [1.82, 2.24) is 0 Å². The van der Waals surface area contributed by atoms with Crippen molar-refractivity contribution in [2.75, 3.05) is 24.6 Å². The maximum Gasteiger partial charge on any atom is 0.522 e. The summed E-state index contributed by atoms with van der Waals surface area (Å²) in [6.07, 6.45) is -3.31. The molecule has 1 heterocycles. The maximum absolute atomic E-state index is 12.0. The van der Waals surface area contributed by atoms with Crippen molar-refractivity contribution in [1.29, 1.82) is 0 Å². The molecule has 1 aromatic carbocycles. The van der Waals surface area contributed by atoms with Crippen LogP contribution in [0.4, 0.5) is 18.9 Å². The van der Waals surface area contributed by atoms with Crippen LogP contribution in [0.15, 0.2) is 18.2 Å². The van der Waals surface area contributed by atoms with Gasteiger partial charge in [0.25, 0.3) is 0 Å². The fourth-order valence-corrected chi connectivity index (χ4v) is 2.40. The highest BCUT2D eigenvalue weighted by Gasteiger charge is 2.29. The molecular weight excluding hydrogens is 275 g/mol. The van der Waals surface area contributed by atoms with Gasteiger partial charge in [-0.15, -0.1) is 13.2 Å². The maximum atomic E-state index is 12.0. The van der Waals surface area contributed by atoms with Crippen LogP contribution >= 0.6 is 0 Å². The molecule has 0 radical (unpaired) electrons. The number of carboxylic acids is 1. The van der Waals surface area contributed by atoms with E-state index in [9.17, 15) is 18.0 Å². The first kappa shape index (κ1) is 14.6. The van der Waals surface area contributed by atoms with Crippen LogP contribution in [-0.2, 0) is 11.2 Å². The molecule has 2 rings (SSSR count). The number of hydrogen-bond acceptors (Lipinski definition) is 3. The summed E-state index contributed by atoms with van der Waals surface area (Å²) < 4.78 is 39.6. The van der Waals surface area contributed by atoms with Crippen molar-refractivity contribution in [3.8, 4) is 0 Å². The lowest BCUT2D eigenvalue weighted by atomic mass is 9.96. The first-order chi connectivity index (χ1) is 9.38. The minimum atomic E-state index is -4.64. The number of aromatic carboxylic acids is 1. The molecule has 0 saturated carbocycles. The minimum Gasteiger partial charge on any atom is -0.478 e. The van der Waals surface area contributed by atoms with E-state index >= 15 is 0 Å². The third kappa shape index (κ3) is 3.41. The van der Waals surface area contributed by atoms with Gasteiger partial charge < -0.3 is 10.0 Å². The van der Waals surface area contributed by atoms with E-state index in [-0.39, 0.29) is 12.1 Å². The van der Waals surface area contributed by atoms with Crippen LogP contribution < -0.4 is 4.90 Å². The van der Waals surface area contributed by atoms with E-state index in [1.54, 1.807) is 17.0 Å². The summed E-state index contributed by atoms with van der Waals surface area (Å²) in [5, 5.41) is 9.12. The van der Waals surface area contributed by atoms with Crippen LogP contribution in [0.25, 0.3) is 0 Å². The Morgan fingerprint density at radius 3 is 2.80 bits per heavy atom. The number of fused-ring (bicyclic) bond motifs is 1. The van der Waals surface area contributed by atoms with Gasteiger partial charge in [0.15, 0.2) is 0 Å². The van der Waals surface area contributed by atoms with Crippen LogP contribution in [0, 0.1) is 0 Å².